The van der Waals surface area contributed by atoms with Crippen LogP contribution >= 0.6 is 11.6 Å². The zero-order valence-electron chi connectivity index (χ0n) is 13.4. The summed E-state index contributed by atoms with van der Waals surface area (Å²) in [7, 11) is 0. The van der Waals surface area contributed by atoms with Crippen LogP contribution in [0.5, 0.6) is 0 Å². The summed E-state index contributed by atoms with van der Waals surface area (Å²) in [5, 5.41) is 10.5. The molecule has 1 aliphatic rings. The predicted octanol–water partition coefficient (Wildman–Crippen LogP) is 2.33. The van der Waals surface area contributed by atoms with Gasteiger partial charge >= 0.3 is 5.97 Å². The van der Waals surface area contributed by atoms with Crippen LogP contribution in [0.2, 0.25) is 5.02 Å². The van der Waals surface area contributed by atoms with Gasteiger partial charge in [0, 0.05) is 29.7 Å². The van der Waals surface area contributed by atoms with Gasteiger partial charge in [-0.1, -0.05) is 17.7 Å². The Morgan fingerprint density at radius 3 is 2.74 bits per heavy atom. The van der Waals surface area contributed by atoms with E-state index in [0.717, 1.165) is 24.0 Å². The van der Waals surface area contributed by atoms with Gasteiger partial charge < -0.3 is 20.3 Å². The third kappa shape index (κ3) is 4.44. The molecule has 0 unspecified atom stereocenters. The van der Waals surface area contributed by atoms with E-state index in [0.29, 0.717) is 24.8 Å². The number of esters is 1. The minimum absolute atomic E-state index is 0.0310. The average Bonchev–Trinajstić information content (AvgIpc) is 2.55. The van der Waals surface area contributed by atoms with Crippen molar-refractivity contribution in [2.45, 2.75) is 37.6 Å². The number of carbonyl (C=O) groups excluding carboxylic acids is 1. The van der Waals surface area contributed by atoms with Crippen molar-refractivity contribution in [1.82, 2.24) is 0 Å². The molecule has 1 saturated heterocycles. The van der Waals surface area contributed by atoms with Crippen molar-refractivity contribution in [3.8, 4) is 0 Å². The summed E-state index contributed by atoms with van der Waals surface area (Å²) in [5.74, 6) is -0.329. The SMILES string of the molecule is CCOC(=O)C[C@H](N)c1cc(Cl)cc(C2(CO)CCOCC2)c1. The average molecular weight is 342 g/mol. The van der Waals surface area contributed by atoms with E-state index in [-0.39, 0.29) is 24.4 Å². The highest BCUT2D eigenvalue weighted by Gasteiger charge is 2.34. The number of nitrogens with two attached hydrogens (primary N) is 1. The molecule has 1 aromatic rings. The quantitative estimate of drug-likeness (QED) is 0.776. The van der Waals surface area contributed by atoms with Crippen molar-refractivity contribution in [2.75, 3.05) is 26.4 Å². The number of aliphatic hydroxyl groups excluding tert-OH is 1. The summed E-state index contributed by atoms with van der Waals surface area (Å²) >= 11 is 6.25. The lowest BCUT2D eigenvalue weighted by Gasteiger charge is -2.36. The predicted molar refractivity (Wildman–Crippen MR) is 88.4 cm³/mol. The Kier molecular flexibility index (Phi) is 6.41. The highest BCUT2D eigenvalue weighted by atomic mass is 35.5. The summed E-state index contributed by atoms with van der Waals surface area (Å²) in [6.07, 6.45) is 1.57. The number of rotatable bonds is 6. The Labute approximate surface area is 141 Å². The smallest absolute Gasteiger partial charge is 0.307 e. The van der Waals surface area contributed by atoms with E-state index in [9.17, 15) is 9.90 Å². The molecule has 6 heteroatoms. The molecule has 5 nitrogen and oxygen atoms in total. The number of hydrogen-bond donors (Lipinski definition) is 2. The fraction of sp³-hybridized carbons (Fsp3) is 0.588. The van der Waals surface area contributed by atoms with Gasteiger partial charge in [0.05, 0.1) is 19.6 Å². The summed E-state index contributed by atoms with van der Waals surface area (Å²) < 4.78 is 10.3. The molecule has 23 heavy (non-hydrogen) atoms. The van der Waals surface area contributed by atoms with Crippen LogP contribution in [-0.2, 0) is 19.7 Å². The summed E-state index contributed by atoms with van der Waals surface area (Å²) in [6.45, 7) is 3.34. The fourth-order valence-electron chi connectivity index (χ4n) is 2.95. The lowest BCUT2D eigenvalue weighted by molar-refractivity contribution is -0.143. The first-order valence-corrected chi connectivity index (χ1v) is 8.29. The topological polar surface area (TPSA) is 81.8 Å². The van der Waals surface area contributed by atoms with Crippen LogP contribution in [0.4, 0.5) is 0 Å². The summed E-state index contributed by atoms with van der Waals surface area (Å²) in [4.78, 5) is 11.6. The zero-order chi connectivity index (χ0) is 16.9. The fourth-order valence-corrected chi connectivity index (χ4v) is 3.19. The molecule has 1 aromatic carbocycles. The Morgan fingerprint density at radius 1 is 1.43 bits per heavy atom. The van der Waals surface area contributed by atoms with Gasteiger partial charge in [0.25, 0.3) is 0 Å². The summed E-state index contributed by atoms with van der Waals surface area (Å²) in [6, 6.07) is 5.09. The van der Waals surface area contributed by atoms with Crippen molar-refractivity contribution in [1.29, 1.82) is 0 Å². The van der Waals surface area contributed by atoms with Crippen molar-refractivity contribution < 1.29 is 19.4 Å². The van der Waals surface area contributed by atoms with Crippen molar-refractivity contribution >= 4 is 17.6 Å². The van der Waals surface area contributed by atoms with Gasteiger partial charge in [-0.25, -0.2) is 0 Å². The minimum Gasteiger partial charge on any atom is -0.466 e. The van der Waals surface area contributed by atoms with Crippen molar-refractivity contribution in [2.24, 2.45) is 5.73 Å². The third-order valence-electron chi connectivity index (χ3n) is 4.41. The monoisotopic (exact) mass is 341 g/mol. The maximum Gasteiger partial charge on any atom is 0.307 e. The van der Waals surface area contributed by atoms with E-state index < -0.39 is 6.04 Å². The molecule has 0 radical (unpaired) electrons. The van der Waals surface area contributed by atoms with E-state index >= 15 is 0 Å². The van der Waals surface area contributed by atoms with Crippen molar-refractivity contribution in [3.05, 3.63) is 34.3 Å². The van der Waals surface area contributed by atoms with Gasteiger partial charge in [-0.2, -0.15) is 0 Å². The zero-order valence-corrected chi connectivity index (χ0v) is 14.1. The van der Waals surface area contributed by atoms with E-state index in [1.165, 1.54) is 0 Å². The molecule has 3 N–H and O–H groups in total. The van der Waals surface area contributed by atoms with Gasteiger partial charge in [0.15, 0.2) is 0 Å². The normalized spacial score (nSPS) is 18.4. The van der Waals surface area contributed by atoms with Gasteiger partial charge in [-0.15, -0.1) is 0 Å². The Hall–Kier alpha value is -1.14. The van der Waals surface area contributed by atoms with E-state index in [1.807, 2.05) is 12.1 Å². The van der Waals surface area contributed by atoms with Gasteiger partial charge in [-0.05, 0) is 43.0 Å². The number of benzene rings is 1. The number of ether oxygens (including phenoxy) is 2. The molecule has 1 fully saturated rings. The van der Waals surface area contributed by atoms with Gasteiger partial charge in [0.1, 0.15) is 0 Å². The first-order valence-electron chi connectivity index (χ1n) is 7.91. The number of halogens is 1. The molecule has 0 spiro atoms. The highest BCUT2D eigenvalue weighted by Crippen LogP contribution is 2.37. The summed E-state index contributed by atoms with van der Waals surface area (Å²) in [5.41, 5.74) is 7.50. The molecule has 0 bridgehead atoms. The molecule has 128 valence electrons. The minimum atomic E-state index is -0.484. The molecule has 1 heterocycles. The Balaban J connectivity index is 2.25. The molecular weight excluding hydrogens is 318 g/mol. The molecular formula is C17H24ClNO4. The van der Waals surface area contributed by atoms with Crippen LogP contribution in [0.25, 0.3) is 0 Å². The van der Waals surface area contributed by atoms with Crippen LogP contribution in [0.3, 0.4) is 0 Å². The van der Waals surface area contributed by atoms with Gasteiger partial charge in [-0.3, -0.25) is 4.79 Å². The highest BCUT2D eigenvalue weighted by molar-refractivity contribution is 6.30. The lowest BCUT2D eigenvalue weighted by Crippen LogP contribution is -2.37. The third-order valence-corrected chi connectivity index (χ3v) is 4.62. The van der Waals surface area contributed by atoms with E-state index in [4.69, 9.17) is 26.8 Å². The van der Waals surface area contributed by atoms with E-state index in [2.05, 4.69) is 0 Å². The maximum atomic E-state index is 11.6. The van der Waals surface area contributed by atoms with Crippen LogP contribution in [0, 0.1) is 0 Å². The largest absolute Gasteiger partial charge is 0.466 e. The maximum absolute atomic E-state index is 11.6. The van der Waals surface area contributed by atoms with E-state index in [1.54, 1.807) is 13.0 Å². The molecule has 1 atom stereocenters. The molecule has 0 aromatic heterocycles. The van der Waals surface area contributed by atoms with Crippen LogP contribution in [0.15, 0.2) is 18.2 Å². The number of hydrogen-bond acceptors (Lipinski definition) is 5. The molecule has 0 aliphatic carbocycles. The first kappa shape index (κ1) is 18.2. The van der Waals surface area contributed by atoms with Gasteiger partial charge in [0.2, 0.25) is 0 Å². The lowest BCUT2D eigenvalue weighted by atomic mass is 9.74. The number of aliphatic hydroxyl groups is 1. The van der Waals surface area contributed by atoms with Crippen molar-refractivity contribution in [3.63, 3.8) is 0 Å². The van der Waals surface area contributed by atoms with Crippen LogP contribution in [0.1, 0.15) is 43.4 Å². The molecule has 2 rings (SSSR count). The second-order valence-corrected chi connectivity index (χ2v) is 6.38. The second kappa shape index (κ2) is 8.11. The number of carbonyl (C=O) groups is 1. The van der Waals surface area contributed by atoms with Crippen LogP contribution in [-0.4, -0.2) is 37.5 Å². The molecule has 0 saturated carbocycles. The second-order valence-electron chi connectivity index (χ2n) is 5.94. The molecule has 1 aliphatic heterocycles. The Bertz CT molecular complexity index is 543. The Morgan fingerprint density at radius 2 is 2.13 bits per heavy atom. The van der Waals surface area contributed by atoms with Crippen LogP contribution < -0.4 is 5.73 Å². The molecule has 0 amide bonds. The standard InChI is InChI=1S/C17H24ClNO4/c1-2-23-16(21)10-15(19)12-7-13(9-14(18)8-12)17(11-20)3-5-22-6-4-17/h7-9,15,20H,2-6,10-11,19H2,1H3/t15-/m0/s1. The first-order chi connectivity index (χ1) is 11.0.